The van der Waals surface area contributed by atoms with E-state index in [4.69, 9.17) is 4.74 Å². The van der Waals surface area contributed by atoms with Gasteiger partial charge in [0.2, 0.25) is 10.0 Å². The van der Waals surface area contributed by atoms with Crippen LogP contribution in [-0.4, -0.2) is 34.7 Å². The number of hydrogen-bond donors (Lipinski definition) is 2. The van der Waals surface area contributed by atoms with Crippen LogP contribution >= 0.6 is 11.3 Å². The molecular weight excluding hydrogens is 308 g/mol. The van der Waals surface area contributed by atoms with Crippen molar-refractivity contribution in [2.75, 3.05) is 20.3 Å². The van der Waals surface area contributed by atoms with Gasteiger partial charge >= 0.3 is 0 Å². The summed E-state index contributed by atoms with van der Waals surface area (Å²) in [4.78, 5) is 1.28. The molecule has 0 aliphatic carbocycles. The van der Waals surface area contributed by atoms with Gasteiger partial charge in [0.15, 0.2) is 0 Å². The average Bonchev–Trinajstić information content (AvgIpc) is 2.78. The maximum Gasteiger partial charge on any atom is 0.242 e. The summed E-state index contributed by atoms with van der Waals surface area (Å²) in [5.41, 5.74) is 0.799. The van der Waals surface area contributed by atoms with Crippen LogP contribution in [0.1, 0.15) is 37.1 Å². The summed E-state index contributed by atoms with van der Waals surface area (Å²) in [5.74, 6) is 0. The number of methoxy groups -OCH3 is 1. The van der Waals surface area contributed by atoms with E-state index in [2.05, 4.69) is 10.0 Å². The van der Waals surface area contributed by atoms with E-state index in [1.165, 1.54) is 11.3 Å². The summed E-state index contributed by atoms with van der Waals surface area (Å²) < 4.78 is 33.2. The lowest BCUT2D eigenvalue weighted by molar-refractivity contribution is 0.171. The molecule has 0 saturated carbocycles. The fourth-order valence-electron chi connectivity index (χ4n) is 2.21. The van der Waals surface area contributed by atoms with Crippen LogP contribution in [0.3, 0.4) is 0 Å². The van der Waals surface area contributed by atoms with Crippen LogP contribution < -0.4 is 10.0 Å². The Hall–Kier alpha value is -0.470. The lowest BCUT2D eigenvalue weighted by atomic mass is 10.2. The quantitative estimate of drug-likeness (QED) is 0.689. The maximum absolute atomic E-state index is 12.7. The van der Waals surface area contributed by atoms with Crippen molar-refractivity contribution in [2.45, 2.75) is 51.1 Å². The number of hydrogen-bond acceptors (Lipinski definition) is 5. The van der Waals surface area contributed by atoms with Crippen molar-refractivity contribution in [1.29, 1.82) is 0 Å². The molecule has 0 spiro atoms. The second-order valence-corrected chi connectivity index (χ2v) is 7.63. The second-order valence-electron chi connectivity index (χ2n) is 5.01. The van der Waals surface area contributed by atoms with E-state index in [1.807, 2.05) is 26.2 Å². The van der Waals surface area contributed by atoms with Gasteiger partial charge in [-0.3, -0.25) is 0 Å². The van der Waals surface area contributed by atoms with Crippen molar-refractivity contribution < 1.29 is 13.2 Å². The van der Waals surface area contributed by atoms with E-state index in [0.717, 1.165) is 29.8 Å². The zero-order valence-corrected chi connectivity index (χ0v) is 14.9. The topological polar surface area (TPSA) is 67.4 Å². The minimum atomic E-state index is -3.51. The number of nitrogens with one attached hydrogen (secondary N) is 2. The van der Waals surface area contributed by atoms with E-state index >= 15 is 0 Å². The highest BCUT2D eigenvalue weighted by atomic mass is 32.2. The molecule has 0 radical (unpaired) electrons. The van der Waals surface area contributed by atoms with Crippen molar-refractivity contribution in [3.8, 4) is 0 Å². The molecule has 21 heavy (non-hydrogen) atoms. The summed E-state index contributed by atoms with van der Waals surface area (Å²) in [5, 5.41) is 5.08. The van der Waals surface area contributed by atoms with Gasteiger partial charge in [0.25, 0.3) is 0 Å². The fraction of sp³-hybridized carbons (Fsp3) is 0.714. The molecule has 0 bridgehead atoms. The van der Waals surface area contributed by atoms with Gasteiger partial charge in [0.1, 0.15) is 4.90 Å². The van der Waals surface area contributed by atoms with Crippen LogP contribution in [0.25, 0.3) is 0 Å². The van der Waals surface area contributed by atoms with Crippen molar-refractivity contribution in [2.24, 2.45) is 0 Å². The molecule has 122 valence electrons. The predicted octanol–water partition coefficient (Wildman–Crippen LogP) is 2.26. The molecule has 0 saturated heterocycles. The molecule has 2 N–H and O–H groups in total. The molecule has 1 aromatic rings. The van der Waals surface area contributed by atoms with Gasteiger partial charge in [-0.15, -0.1) is 11.3 Å². The van der Waals surface area contributed by atoms with Crippen molar-refractivity contribution in [3.63, 3.8) is 0 Å². The SMILES string of the molecule is CCCC(COC)NS(=O)(=O)c1c(C)csc1CNCC. The summed E-state index contributed by atoms with van der Waals surface area (Å²) in [6, 6.07) is -0.184. The predicted molar refractivity (Wildman–Crippen MR) is 87.3 cm³/mol. The van der Waals surface area contributed by atoms with Crippen LogP contribution in [0.2, 0.25) is 0 Å². The standard InChI is InChI=1S/C14H26N2O3S2/c1-5-7-12(9-19-4)16-21(17,18)14-11(3)10-20-13(14)8-15-6-2/h10,12,15-16H,5-9H2,1-4H3. The van der Waals surface area contributed by atoms with Gasteiger partial charge in [-0.05, 0) is 30.8 Å². The number of thiophene rings is 1. The molecule has 1 heterocycles. The third-order valence-electron chi connectivity index (χ3n) is 3.12. The Labute approximate surface area is 132 Å². The first-order chi connectivity index (χ1) is 9.96. The third-order valence-corrected chi connectivity index (χ3v) is 6.10. The number of sulfonamides is 1. The van der Waals surface area contributed by atoms with Crippen LogP contribution in [0.15, 0.2) is 10.3 Å². The van der Waals surface area contributed by atoms with Gasteiger partial charge in [0.05, 0.1) is 6.61 Å². The molecule has 0 fully saturated rings. The number of aryl methyl sites for hydroxylation is 1. The summed E-state index contributed by atoms with van der Waals surface area (Å²) in [7, 11) is -1.93. The second kappa shape index (κ2) is 8.85. The van der Waals surface area contributed by atoms with Crippen molar-refractivity contribution in [1.82, 2.24) is 10.0 Å². The maximum atomic E-state index is 12.7. The lowest BCUT2D eigenvalue weighted by Gasteiger charge is -2.18. The highest BCUT2D eigenvalue weighted by Gasteiger charge is 2.25. The normalized spacial score (nSPS) is 13.5. The highest BCUT2D eigenvalue weighted by molar-refractivity contribution is 7.89. The molecule has 0 amide bonds. The zero-order chi connectivity index (χ0) is 15.9. The monoisotopic (exact) mass is 334 g/mol. The van der Waals surface area contributed by atoms with Gasteiger partial charge in [-0.1, -0.05) is 20.3 Å². The minimum Gasteiger partial charge on any atom is -0.383 e. The Morgan fingerprint density at radius 3 is 2.67 bits per heavy atom. The van der Waals surface area contributed by atoms with E-state index in [0.29, 0.717) is 18.0 Å². The molecular formula is C14H26N2O3S2. The molecule has 1 unspecified atom stereocenters. The van der Waals surface area contributed by atoms with E-state index in [1.54, 1.807) is 7.11 Å². The van der Waals surface area contributed by atoms with Crippen molar-refractivity contribution >= 4 is 21.4 Å². The molecule has 5 nitrogen and oxygen atoms in total. The number of ether oxygens (including phenoxy) is 1. The number of rotatable bonds is 10. The Bertz CT molecular complexity index is 520. The summed E-state index contributed by atoms with van der Waals surface area (Å²) in [6.45, 7) is 7.65. The summed E-state index contributed by atoms with van der Waals surface area (Å²) in [6.07, 6.45) is 1.67. The van der Waals surface area contributed by atoms with Crippen LogP contribution in [0.4, 0.5) is 0 Å². The van der Waals surface area contributed by atoms with Crippen LogP contribution in [0, 0.1) is 6.92 Å². The largest absolute Gasteiger partial charge is 0.383 e. The molecule has 0 aliphatic heterocycles. The molecule has 1 rings (SSSR count). The first-order valence-corrected chi connectivity index (χ1v) is 9.61. The molecule has 0 aliphatic rings. The Kier molecular flexibility index (Phi) is 7.83. The van der Waals surface area contributed by atoms with Gasteiger partial charge in [0, 0.05) is 24.6 Å². The molecule has 7 heteroatoms. The Morgan fingerprint density at radius 2 is 2.10 bits per heavy atom. The van der Waals surface area contributed by atoms with Crippen LogP contribution in [0.5, 0.6) is 0 Å². The lowest BCUT2D eigenvalue weighted by Crippen LogP contribution is -2.38. The van der Waals surface area contributed by atoms with Crippen LogP contribution in [-0.2, 0) is 21.3 Å². The van der Waals surface area contributed by atoms with Gasteiger partial charge < -0.3 is 10.1 Å². The zero-order valence-electron chi connectivity index (χ0n) is 13.2. The van der Waals surface area contributed by atoms with E-state index in [9.17, 15) is 8.42 Å². The molecule has 1 aromatic heterocycles. The average molecular weight is 335 g/mol. The van der Waals surface area contributed by atoms with E-state index in [-0.39, 0.29) is 6.04 Å². The van der Waals surface area contributed by atoms with Crippen molar-refractivity contribution in [3.05, 3.63) is 15.8 Å². The Morgan fingerprint density at radius 1 is 1.38 bits per heavy atom. The fourth-order valence-corrected chi connectivity index (χ4v) is 5.25. The minimum absolute atomic E-state index is 0.184. The summed E-state index contributed by atoms with van der Waals surface area (Å²) >= 11 is 1.48. The molecule has 1 atom stereocenters. The first-order valence-electron chi connectivity index (χ1n) is 7.25. The Balaban J connectivity index is 2.98. The van der Waals surface area contributed by atoms with E-state index < -0.39 is 10.0 Å². The van der Waals surface area contributed by atoms with Gasteiger partial charge in [-0.2, -0.15) is 0 Å². The third kappa shape index (κ3) is 5.34. The van der Waals surface area contributed by atoms with Gasteiger partial charge in [-0.25, -0.2) is 13.1 Å². The smallest absolute Gasteiger partial charge is 0.242 e. The highest BCUT2D eigenvalue weighted by Crippen LogP contribution is 2.27. The first kappa shape index (κ1) is 18.6. The molecule has 0 aromatic carbocycles.